The molecule has 4 nitrogen and oxygen atoms in total. The monoisotopic (exact) mass is 268 g/mol. The lowest BCUT2D eigenvalue weighted by atomic mass is 10.2. The second-order valence-corrected chi connectivity index (χ2v) is 4.47. The van der Waals surface area contributed by atoms with Crippen molar-refractivity contribution >= 4 is 29.1 Å². The number of anilines is 1. The number of rotatable bonds is 5. The van der Waals surface area contributed by atoms with E-state index in [0.29, 0.717) is 17.1 Å². The molecule has 0 aliphatic rings. The van der Waals surface area contributed by atoms with Gasteiger partial charge in [-0.3, -0.25) is 9.59 Å². The van der Waals surface area contributed by atoms with Crippen molar-refractivity contribution in [3.63, 3.8) is 0 Å². The third-order valence-corrected chi connectivity index (χ3v) is 2.63. The third kappa shape index (κ3) is 4.75. The zero-order valence-corrected chi connectivity index (χ0v) is 11.3. The summed E-state index contributed by atoms with van der Waals surface area (Å²) in [5.74, 6) is -0.375. The number of carbonyl (C=O) groups is 2. The summed E-state index contributed by atoms with van der Waals surface area (Å²) in [4.78, 5) is 22.8. The average molecular weight is 269 g/mol. The van der Waals surface area contributed by atoms with Crippen LogP contribution in [0, 0.1) is 6.92 Å². The molecular weight excluding hydrogens is 252 g/mol. The predicted octanol–water partition coefficient (Wildman–Crippen LogP) is 2.50. The molecule has 0 atom stereocenters. The molecule has 1 rings (SSSR count). The summed E-state index contributed by atoms with van der Waals surface area (Å²) in [6.07, 6.45) is 1.20. The van der Waals surface area contributed by atoms with Gasteiger partial charge in [0.05, 0.1) is 6.54 Å². The van der Waals surface area contributed by atoms with E-state index in [0.717, 1.165) is 12.0 Å². The molecule has 0 bridgehead atoms. The molecule has 0 aliphatic heterocycles. The van der Waals surface area contributed by atoms with E-state index in [1.54, 1.807) is 12.1 Å². The van der Waals surface area contributed by atoms with E-state index in [4.69, 9.17) is 11.6 Å². The van der Waals surface area contributed by atoms with Gasteiger partial charge in [-0.15, -0.1) is 0 Å². The number of nitrogens with one attached hydrogen (secondary N) is 2. The first-order valence-electron chi connectivity index (χ1n) is 5.85. The molecule has 0 aromatic heterocycles. The van der Waals surface area contributed by atoms with E-state index in [2.05, 4.69) is 10.6 Å². The molecule has 1 aromatic rings. The van der Waals surface area contributed by atoms with E-state index < -0.39 is 0 Å². The molecule has 0 unspecified atom stereocenters. The van der Waals surface area contributed by atoms with Crippen LogP contribution in [0.2, 0.25) is 5.02 Å². The number of amides is 2. The zero-order chi connectivity index (χ0) is 13.5. The number of hydrogen-bond donors (Lipinski definition) is 2. The summed E-state index contributed by atoms with van der Waals surface area (Å²) < 4.78 is 0. The Labute approximate surface area is 112 Å². The van der Waals surface area contributed by atoms with Gasteiger partial charge in [-0.1, -0.05) is 24.6 Å². The number of aryl methyl sites for hydroxylation is 1. The average Bonchev–Trinajstić information content (AvgIpc) is 2.32. The Morgan fingerprint density at radius 3 is 2.67 bits per heavy atom. The number of hydrogen-bond acceptors (Lipinski definition) is 2. The summed E-state index contributed by atoms with van der Waals surface area (Å²) in [5.41, 5.74) is 1.59. The number of benzene rings is 1. The quantitative estimate of drug-likeness (QED) is 0.862. The van der Waals surface area contributed by atoms with Crippen molar-refractivity contribution in [2.45, 2.75) is 26.7 Å². The first-order chi connectivity index (χ1) is 8.52. The van der Waals surface area contributed by atoms with Gasteiger partial charge >= 0.3 is 0 Å². The van der Waals surface area contributed by atoms with E-state index >= 15 is 0 Å². The van der Waals surface area contributed by atoms with Crippen LogP contribution < -0.4 is 10.6 Å². The highest BCUT2D eigenvalue weighted by Crippen LogP contribution is 2.19. The van der Waals surface area contributed by atoms with Gasteiger partial charge in [0.25, 0.3) is 0 Å². The Balaban J connectivity index is 2.49. The van der Waals surface area contributed by atoms with Crippen LogP contribution in [0.25, 0.3) is 0 Å². The highest BCUT2D eigenvalue weighted by atomic mass is 35.5. The highest BCUT2D eigenvalue weighted by Gasteiger charge is 2.07. The molecule has 0 saturated carbocycles. The Bertz CT molecular complexity index is 447. The minimum absolute atomic E-state index is 0.0230. The first kappa shape index (κ1) is 14.5. The van der Waals surface area contributed by atoms with Gasteiger partial charge in [-0.05, 0) is 31.0 Å². The van der Waals surface area contributed by atoms with Gasteiger partial charge in [0, 0.05) is 17.1 Å². The third-order valence-electron chi connectivity index (χ3n) is 2.40. The number of carbonyl (C=O) groups excluding carboxylic acids is 2. The Morgan fingerprint density at radius 1 is 1.28 bits per heavy atom. The standard InChI is InChI=1S/C13H17ClN2O2/c1-3-4-12(17)15-8-13(18)16-11-7-10(14)6-5-9(11)2/h5-7H,3-4,8H2,1-2H3,(H,15,17)(H,16,18). The molecule has 18 heavy (non-hydrogen) atoms. The predicted molar refractivity (Wildman–Crippen MR) is 72.7 cm³/mol. The molecular formula is C13H17ClN2O2. The molecule has 0 fully saturated rings. The lowest BCUT2D eigenvalue weighted by Gasteiger charge is -2.09. The molecule has 5 heteroatoms. The van der Waals surface area contributed by atoms with Crippen molar-refractivity contribution in [3.8, 4) is 0 Å². The second kappa shape index (κ2) is 7.01. The van der Waals surface area contributed by atoms with E-state index in [1.165, 1.54) is 0 Å². The molecule has 0 spiro atoms. The zero-order valence-electron chi connectivity index (χ0n) is 10.5. The van der Waals surface area contributed by atoms with Crippen molar-refractivity contribution in [3.05, 3.63) is 28.8 Å². The summed E-state index contributed by atoms with van der Waals surface area (Å²) >= 11 is 5.85. The molecule has 0 saturated heterocycles. The van der Waals surface area contributed by atoms with Gasteiger partial charge in [0.15, 0.2) is 0 Å². The Morgan fingerprint density at radius 2 is 2.00 bits per heavy atom. The Kier molecular flexibility index (Phi) is 5.65. The van der Waals surface area contributed by atoms with Gasteiger partial charge in [0.1, 0.15) is 0 Å². The molecule has 1 aromatic carbocycles. The molecule has 98 valence electrons. The van der Waals surface area contributed by atoms with Crippen molar-refractivity contribution in [1.29, 1.82) is 0 Å². The van der Waals surface area contributed by atoms with E-state index in [9.17, 15) is 9.59 Å². The van der Waals surface area contributed by atoms with E-state index in [-0.39, 0.29) is 18.4 Å². The van der Waals surface area contributed by atoms with Crippen LogP contribution in [-0.2, 0) is 9.59 Å². The largest absolute Gasteiger partial charge is 0.347 e. The maximum absolute atomic E-state index is 11.6. The van der Waals surface area contributed by atoms with Gasteiger partial charge in [-0.2, -0.15) is 0 Å². The summed E-state index contributed by atoms with van der Waals surface area (Å²) in [6, 6.07) is 5.27. The molecule has 0 heterocycles. The van der Waals surface area contributed by atoms with Crippen molar-refractivity contribution in [2.75, 3.05) is 11.9 Å². The first-order valence-corrected chi connectivity index (χ1v) is 6.23. The molecule has 2 N–H and O–H groups in total. The molecule has 2 amide bonds. The van der Waals surface area contributed by atoms with Crippen LogP contribution in [-0.4, -0.2) is 18.4 Å². The lowest BCUT2D eigenvalue weighted by Crippen LogP contribution is -2.32. The van der Waals surface area contributed by atoms with Gasteiger partial charge in [-0.25, -0.2) is 0 Å². The fourth-order valence-corrected chi connectivity index (χ4v) is 1.59. The Hall–Kier alpha value is -1.55. The fraction of sp³-hybridized carbons (Fsp3) is 0.385. The maximum Gasteiger partial charge on any atom is 0.243 e. The van der Waals surface area contributed by atoms with Crippen molar-refractivity contribution in [1.82, 2.24) is 5.32 Å². The van der Waals surface area contributed by atoms with Crippen LogP contribution in [0.5, 0.6) is 0 Å². The molecule has 0 aliphatic carbocycles. The van der Waals surface area contributed by atoms with E-state index in [1.807, 2.05) is 19.9 Å². The van der Waals surface area contributed by atoms with Crippen molar-refractivity contribution in [2.24, 2.45) is 0 Å². The summed E-state index contributed by atoms with van der Waals surface area (Å²) in [6.45, 7) is 3.77. The highest BCUT2D eigenvalue weighted by molar-refractivity contribution is 6.31. The summed E-state index contributed by atoms with van der Waals surface area (Å²) in [7, 11) is 0. The van der Waals surface area contributed by atoms with Crippen molar-refractivity contribution < 1.29 is 9.59 Å². The van der Waals surface area contributed by atoms with Crippen LogP contribution >= 0.6 is 11.6 Å². The SMILES string of the molecule is CCCC(=O)NCC(=O)Nc1cc(Cl)ccc1C. The maximum atomic E-state index is 11.6. The summed E-state index contributed by atoms with van der Waals surface area (Å²) in [5, 5.41) is 5.83. The minimum atomic E-state index is -0.259. The van der Waals surface area contributed by atoms with Crippen LogP contribution in [0.4, 0.5) is 5.69 Å². The normalized spacial score (nSPS) is 9.94. The van der Waals surface area contributed by atoms with Crippen LogP contribution in [0.3, 0.4) is 0 Å². The number of halogens is 1. The van der Waals surface area contributed by atoms with Gasteiger partial charge in [0.2, 0.25) is 11.8 Å². The second-order valence-electron chi connectivity index (χ2n) is 4.03. The van der Waals surface area contributed by atoms with Gasteiger partial charge < -0.3 is 10.6 Å². The smallest absolute Gasteiger partial charge is 0.243 e. The fourth-order valence-electron chi connectivity index (χ4n) is 1.42. The topological polar surface area (TPSA) is 58.2 Å². The molecule has 0 radical (unpaired) electrons. The van der Waals surface area contributed by atoms with Crippen LogP contribution in [0.15, 0.2) is 18.2 Å². The van der Waals surface area contributed by atoms with Crippen LogP contribution in [0.1, 0.15) is 25.3 Å². The lowest BCUT2D eigenvalue weighted by molar-refractivity contribution is -0.124. The minimum Gasteiger partial charge on any atom is -0.347 e.